The number of rotatable bonds is 8. The molecule has 1 aromatic carbocycles. The highest BCUT2D eigenvalue weighted by molar-refractivity contribution is 6.04. The van der Waals surface area contributed by atoms with Crippen molar-refractivity contribution in [2.45, 2.75) is 13.5 Å². The minimum absolute atomic E-state index is 0.181. The lowest BCUT2D eigenvalue weighted by Gasteiger charge is -2.09. The van der Waals surface area contributed by atoms with E-state index in [4.69, 9.17) is 14.0 Å². The summed E-state index contributed by atoms with van der Waals surface area (Å²) in [6.45, 7) is 2.95. The lowest BCUT2D eigenvalue weighted by molar-refractivity contribution is 0.0494. The van der Waals surface area contributed by atoms with Gasteiger partial charge in [-0.15, -0.1) is 0 Å². The van der Waals surface area contributed by atoms with Gasteiger partial charge in [-0.3, -0.25) is 9.20 Å². The highest BCUT2D eigenvalue weighted by atomic mass is 19.1. The second-order valence-corrected chi connectivity index (χ2v) is 6.76. The van der Waals surface area contributed by atoms with Crippen LogP contribution in [-0.2, 0) is 16.1 Å². The van der Waals surface area contributed by atoms with Gasteiger partial charge in [0.05, 0.1) is 19.4 Å². The van der Waals surface area contributed by atoms with Crippen LogP contribution >= 0.6 is 0 Å². The molecule has 31 heavy (non-hydrogen) atoms. The molecular weight excluding hydrogens is 405 g/mol. The average Bonchev–Trinajstić information content (AvgIpc) is 3.39. The number of methoxy groups -OCH3 is 1. The number of pyridine rings is 1. The number of hydrogen-bond acceptors (Lipinski definition) is 7. The molecule has 0 spiro atoms. The molecule has 3 aromatic heterocycles. The van der Waals surface area contributed by atoms with Crippen LogP contribution in [0.15, 0.2) is 47.2 Å². The minimum Gasteiger partial charge on any atom is -0.382 e. The number of imidazole rings is 1. The highest BCUT2D eigenvalue weighted by Crippen LogP contribution is 2.24. The molecule has 4 aromatic rings. The molecule has 160 valence electrons. The van der Waals surface area contributed by atoms with Crippen molar-refractivity contribution in [1.82, 2.24) is 19.5 Å². The number of fused-ring (bicyclic) bond motifs is 1. The zero-order chi connectivity index (χ0) is 21.8. The summed E-state index contributed by atoms with van der Waals surface area (Å²) < 4.78 is 30.4. The Morgan fingerprint density at radius 3 is 2.97 bits per heavy atom. The number of amides is 1. The van der Waals surface area contributed by atoms with E-state index in [1.54, 1.807) is 13.2 Å². The van der Waals surface area contributed by atoms with E-state index in [2.05, 4.69) is 20.4 Å². The monoisotopic (exact) mass is 425 g/mol. The van der Waals surface area contributed by atoms with E-state index in [9.17, 15) is 9.18 Å². The second kappa shape index (κ2) is 9.02. The van der Waals surface area contributed by atoms with Gasteiger partial charge in [-0.25, -0.2) is 9.37 Å². The summed E-state index contributed by atoms with van der Waals surface area (Å²) in [7, 11) is 1.59. The molecule has 1 N–H and O–H groups in total. The van der Waals surface area contributed by atoms with Crippen molar-refractivity contribution in [2.75, 3.05) is 25.6 Å². The average molecular weight is 425 g/mol. The second-order valence-electron chi connectivity index (χ2n) is 6.76. The topological polar surface area (TPSA) is 104 Å². The lowest BCUT2D eigenvalue weighted by atomic mass is 10.1. The summed E-state index contributed by atoms with van der Waals surface area (Å²) in [4.78, 5) is 21.2. The van der Waals surface area contributed by atoms with Crippen LogP contribution in [0, 0.1) is 12.7 Å². The highest BCUT2D eigenvalue weighted by Gasteiger charge is 2.16. The molecular formula is C21H20FN5O4. The Balaban J connectivity index is 1.51. The SMILES string of the molecule is COCCOCc1nc(-c2ccc(C)c(NC(=O)c3cnc4cc(F)ccn34)c2)no1. The predicted octanol–water partition coefficient (Wildman–Crippen LogP) is 3.25. The Labute approximate surface area is 176 Å². The number of hydrogen-bond donors (Lipinski definition) is 1. The summed E-state index contributed by atoms with van der Waals surface area (Å²) in [5.74, 6) is -0.0711. The molecule has 1 amide bonds. The van der Waals surface area contributed by atoms with Gasteiger partial charge in [-0.05, 0) is 24.6 Å². The molecule has 10 heteroatoms. The van der Waals surface area contributed by atoms with Crippen molar-refractivity contribution >= 4 is 17.2 Å². The maximum atomic E-state index is 13.4. The molecule has 0 aliphatic rings. The van der Waals surface area contributed by atoms with E-state index in [-0.39, 0.29) is 18.2 Å². The first-order valence-corrected chi connectivity index (χ1v) is 9.49. The normalized spacial score (nSPS) is 11.2. The third kappa shape index (κ3) is 4.60. The third-order valence-electron chi connectivity index (χ3n) is 4.58. The van der Waals surface area contributed by atoms with Crippen molar-refractivity contribution in [1.29, 1.82) is 0 Å². The van der Waals surface area contributed by atoms with Crippen LogP contribution in [0.3, 0.4) is 0 Å². The predicted molar refractivity (Wildman–Crippen MR) is 109 cm³/mol. The quantitative estimate of drug-likeness (QED) is 0.432. The number of aromatic nitrogens is 4. The lowest BCUT2D eigenvalue weighted by Crippen LogP contribution is -2.15. The van der Waals surface area contributed by atoms with E-state index in [1.807, 2.05) is 19.1 Å². The standard InChI is InChI=1S/C21H20FN5O4/c1-13-3-4-14(20-25-19(31-26-20)12-30-8-7-29-2)9-16(13)24-21(28)17-11-23-18-10-15(22)5-6-27(17)18/h3-6,9-11H,7-8,12H2,1-2H3,(H,24,28). The van der Waals surface area contributed by atoms with Crippen molar-refractivity contribution < 1.29 is 23.2 Å². The van der Waals surface area contributed by atoms with Gasteiger partial charge in [0, 0.05) is 30.6 Å². The van der Waals surface area contributed by atoms with Gasteiger partial charge in [-0.1, -0.05) is 17.3 Å². The Kier molecular flexibility index (Phi) is 6.01. The largest absolute Gasteiger partial charge is 0.382 e. The van der Waals surface area contributed by atoms with Crippen LogP contribution in [-0.4, -0.2) is 45.8 Å². The summed E-state index contributed by atoms with van der Waals surface area (Å²) >= 11 is 0. The number of benzene rings is 1. The number of aryl methyl sites for hydroxylation is 1. The van der Waals surface area contributed by atoms with Crippen molar-refractivity contribution in [3.8, 4) is 11.4 Å². The molecule has 0 aliphatic carbocycles. The Hall–Kier alpha value is -3.63. The van der Waals surface area contributed by atoms with Crippen molar-refractivity contribution in [3.05, 3.63) is 65.7 Å². The molecule has 0 atom stereocenters. The molecule has 0 bridgehead atoms. The number of nitrogens with zero attached hydrogens (tertiary/aromatic N) is 4. The Morgan fingerprint density at radius 1 is 1.26 bits per heavy atom. The molecule has 0 saturated heterocycles. The zero-order valence-electron chi connectivity index (χ0n) is 17.0. The molecule has 0 saturated carbocycles. The third-order valence-corrected chi connectivity index (χ3v) is 4.58. The van der Waals surface area contributed by atoms with Crippen LogP contribution in [0.25, 0.3) is 17.0 Å². The van der Waals surface area contributed by atoms with Gasteiger partial charge >= 0.3 is 0 Å². The Morgan fingerprint density at radius 2 is 2.13 bits per heavy atom. The fourth-order valence-electron chi connectivity index (χ4n) is 2.94. The summed E-state index contributed by atoms with van der Waals surface area (Å²) in [5, 5.41) is 6.84. The minimum atomic E-state index is -0.419. The number of nitrogens with one attached hydrogen (secondary N) is 1. The first-order chi connectivity index (χ1) is 15.0. The van der Waals surface area contributed by atoms with Crippen molar-refractivity contribution in [2.24, 2.45) is 0 Å². The van der Waals surface area contributed by atoms with E-state index in [0.29, 0.717) is 41.8 Å². The number of anilines is 1. The molecule has 9 nitrogen and oxygen atoms in total. The fraction of sp³-hybridized carbons (Fsp3) is 0.238. The van der Waals surface area contributed by atoms with Gasteiger partial charge < -0.3 is 19.3 Å². The van der Waals surface area contributed by atoms with E-state index in [0.717, 1.165) is 5.56 Å². The molecule has 0 radical (unpaired) electrons. The zero-order valence-corrected chi connectivity index (χ0v) is 17.0. The first kappa shape index (κ1) is 20.6. The molecule has 3 heterocycles. The van der Waals surface area contributed by atoms with Crippen LogP contribution in [0.1, 0.15) is 21.9 Å². The van der Waals surface area contributed by atoms with Gasteiger partial charge in [0.25, 0.3) is 11.8 Å². The van der Waals surface area contributed by atoms with Crippen LogP contribution in [0.2, 0.25) is 0 Å². The van der Waals surface area contributed by atoms with Gasteiger partial charge in [0.15, 0.2) is 0 Å². The summed E-state index contributed by atoms with van der Waals surface area (Å²) in [6.07, 6.45) is 2.86. The maximum absolute atomic E-state index is 13.4. The van der Waals surface area contributed by atoms with Crippen LogP contribution < -0.4 is 5.32 Å². The first-order valence-electron chi connectivity index (χ1n) is 9.49. The summed E-state index contributed by atoms with van der Waals surface area (Å²) in [5.41, 5.74) is 2.75. The van der Waals surface area contributed by atoms with Crippen LogP contribution in [0.5, 0.6) is 0 Å². The number of ether oxygens (including phenoxy) is 2. The van der Waals surface area contributed by atoms with E-state index < -0.39 is 5.82 Å². The smallest absolute Gasteiger partial charge is 0.274 e. The molecule has 0 unspecified atom stereocenters. The molecule has 4 rings (SSSR count). The van der Waals surface area contributed by atoms with Crippen LogP contribution in [0.4, 0.5) is 10.1 Å². The fourth-order valence-corrected chi connectivity index (χ4v) is 2.94. The van der Waals surface area contributed by atoms with E-state index >= 15 is 0 Å². The van der Waals surface area contributed by atoms with Gasteiger partial charge in [0.2, 0.25) is 5.82 Å². The van der Waals surface area contributed by atoms with Gasteiger partial charge in [-0.2, -0.15) is 4.98 Å². The summed E-state index contributed by atoms with van der Waals surface area (Å²) in [6, 6.07) is 7.97. The number of carbonyl (C=O) groups excluding carboxylic acids is 1. The van der Waals surface area contributed by atoms with Crippen molar-refractivity contribution in [3.63, 3.8) is 0 Å². The molecule has 0 fully saturated rings. The van der Waals surface area contributed by atoms with E-state index in [1.165, 1.54) is 28.9 Å². The van der Waals surface area contributed by atoms with Gasteiger partial charge in [0.1, 0.15) is 23.8 Å². The Bertz CT molecular complexity index is 1220. The maximum Gasteiger partial charge on any atom is 0.274 e. The number of halogens is 1. The molecule has 0 aliphatic heterocycles. The number of carbonyl (C=O) groups is 1.